The molecule has 0 atom stereocenters. The highest BCUT2D eigenvalue weighted by molar-refractivity contribution is 5.75. The number of rotatable bonds is 1. The van der Waals surface area contributed by atoms with Crippen molar-refractivity contribution in [3.8, 4) is 17.1 Å². The molecular weight excluding hydrogens is 271 g/mol. The summed E-state index contributed by atoms with van der Waals surface area (Å²) in [5.74, 6) is 0.265. The molecule has 0 radical (unpaired) electrons. The maximum Gasteiger partial charge on any atom is 0.352 e. The molecular formula is C15H11FN4O. The van der Waals surface area contributed by atoms with Crippen molar-refractivity contribution in [2.45, 2.75) is 6.67 Å². The first-order valence-electron chi connectivity index (χ1n) is 6.53. The summed E-state index contributed by atoms with van der Waals surface area (Å²) in [5, 5.41) is 7.58. The van der Waals surface area contributed by atoms with E-state index >= 15 is 0 Å². The van der Waals surface area contributed by atoms with Gasteiger partial charge in [0.25, 0.3) is 0 Å². The average molecular weight is 282 g/mol. The molecule has 0 spiro atoms. The predicted molar refractivity (Wildman–Crippen MR) is 76.8 cm³/mol. The molecule has 0 aliphatic carbocycles. The first kappa shape index (κ1) is 11.9. The smallest absolute Gasteiger partial charge is 0.352 e. The summed E-state index contributed by atoms with van der Waals surface area (Å²) >= 11 is 0. The van der Waals surface area contributed by atoms with Crippen molar-refractivity contribution in [3.63, 3.8) is 0 Å². The van der Waals surface area contributed by atoms with Gasteiger partial charge in [-0.15, -0.1) is 5.10 Å². The molecule has 1 aromatic heterocycles. The van der Waals surface area contributed by atoms with Crippen LogP contribution in [-0.4, -0.2) is 14.3 Å². The van der Waals surface area contributed by atoms with E-state index in [2.05, 4.69) is 10.4 Å². The molecule has 2 heterocycles. The number of hydrogen-bond acceptors (Lipinski definition) is 3. The summed E-state index contributed by atoms with van der Waals surface area (Å²) < 4.78 is 15.9. The third kappa shape index (κ3) is 1.76. The Kier molecular flexibility index (Phi) is 2.44. The van der Waals surface area contributed by atoms with Gasteiger partial charge < -0.3 is 5.32 Å². The van der Waals surface area contributed by atoms with Crippen molar-refractivity contribution >= 4 is 5.69 Å². The quantitative estimate of drug-likeness (QED) is 0.744. The molecule has 21 heavy (non-hydrogen) atoms. The Labute approximate surface area is 119 Å². The van der Waals surface area contributed by atoms with Gasteiger partial charge in [0.1, 0.15) is 5.82 Å². The SMILES string of the molecule is O=c1n(-c2ccc(F)cc2)nc2n1CNc1ccccc1-2. The molecule has 5 nitrogen and oxygen atoms in total. The van der Waals surface area contributed by atoms with Crippen LogP contribution in [0.4, 0.5) is 10.1 Å². The van der Waals surface area contributed by atoms with E-state index in [-0.39, 0.29) is 11.5 Å². The van der Waals surface area contributed by atoms with Gasteiger partial charge in [-0.2, -0.15) is 4.68 Å². The molecule has 3 aromatic rings. The van der Waals surface area contributed by atoms with E-state index in [0.717, 1.165) is 11.3 Å². The van der Waals surface area contributed by atoms with Gasteiger partial charge in [-0.05, 0) is 36.4 Å². The van der Waals surface area contributed by atoms with E-state index in [4.69, 9.17) is 0 Å². The van der Waals surface area contributed by atoms with Crippen LogP contribution in [0.1, 0.15) is 0 Å². The molecule has 104 valence electrons. The minimum Gasteiger partial charge on any atom is -0.367 e. The van der Waals surface area contributed by atoms with E-state index in [9.17, 15) is 9.18 Å². The third-order valence-electron chi connectivity index (χ3n) is 3.53. The lowest BCUT2D eigenvalue weighted by Crippen LogP contribution is -2.28. The molecule has 4 rings (SSSR count). The van der Waals surface area contributed by atoms with Gasteiger partial charge in [-0.25, -0.2) is 9.18 Å². The summed E-state index contributed by atoms with van der Waals surface area (Å²) in [5.41, 5.74) is 2.11. The highest BCUT2D eigenvalue weighted by Gasteiger charge is 2.21. The number of fused-ring (bicyclic) bond motifs is 3. The van der Waals surface area contributed by atoms with Gasteiger partial charge in [0.2, 0.25) is 0 Å². The van der Waals surface area contributed by atoms with Crippen LogP contribution in [0, 0.1) is 5.82 Å². The lowest BCUT2D eigenvalue weighted by molar-refractivity contribution is 0.626. The van der Waals surface area contributed by atoms with Crippen LogP contribution in [0.3, 0.4) is 0 Å². The van der Waals surface area contributed by atoms with E-state index < -0.39 is 0 Å². The molecule has 0 fully saturated rings. The zero-order valence-electron chi connectivity index (χ0n) is 11.0. The fourth-order valence-corrected chi connectivity index (χ4v) is 2.49. The van der Waals surface area contributed by atoms with Crippen molar-refractivity contribution < 1.29 is 4.39 Å². The normalized spacial score (nSPS) is 12.4. The van der Waals surface area contributed by atoms with Crippen LogP contribution in [0.5, 0.6) is 0 Å². The Morgan fingerprint density at radius 2 is 1.86 bits per heavy atom. The van der Waals surface area contributed by atoms with E-state index in [1.165, 1.54) is 28.9 Å². The number of halogens is 1. The molecule has 2 aromatic carbocycles. The van der Waals surface area contributed by atoms with E-state index in [1.807, 2.05) is 24.3 Å². The molecule has 1 aliphatic heterocycles. The zero-order chi connectivity index (χ0) is 14.4. The highest BCUT2D eigenvalue weighted by atomic mass is 19.1. The first-order valence-corrected chi connectivity index (χ1v) is 6.53. The Bertz CT molecular complexity index is 879. The highest BCUT2D eigenvalue weighted by Crippen LogP contribution is 2.29. The zero-order valence-corrected chi connectivity index (χ0v) is 11.0. The molecule has 0 saturated carbocycles. The Morgan fingerprint density at radius 1 is 1.10 bits per heavy atom. The number of nitrogens with one attached hydrogen (secondary N) is 1. The number of para-hydroxylation sites is 1. The summed E-state index contributed by atoms with van der Waals surface area (Å²) in [6, 6.07) is 13.4. The number of benzene rings is 2. The third-order valence-corrected chi connectivity index (χ3v) is 3.53. The topological polar surface area (TPSA) is 51.9 Å². The first-order chi connectivity index (χ1) is 10.2. The second-order valence-electron chi connectivity index (χ2n) is 4.80. The predicted octanol–water partition coefficient (Wildman–Crippen LogP) is 2.22. The Morgan fingerprint density at radius 3 is 2.67 bits per heavy atom. The number of nitrogens with zero attached hydrogens (tertiary/aromatic N) is 3. The van der Waals surface area contributed by atoms with Gasteiger partial charge in [-0.1, -0.05) is 12.1 Å². The molecule has 1 N–H and O–H groups in total. The maximum atomic E-state index is 13.0. The van der Waals surface area contributed by atoms with Crippen molar-refractivity contribution in [2.75, 3.05) is 5.32 Å². The van der Waals surface area contributed by atoms with Crippen LogP contribution in [-0.2, 0) is 6.67 Å². The number of hydrogen-bond donors (Lipinski definition) is 1. The van der Waals surface area contributed by atoms with Crippen LogP contribution >= 0.6 is 0 Å². The van der Waals surface area contributed by atoms with Gasteiger partial charge in [-0.3, -0.25) is 4.57 Å². The minimum absolute atomic E-state index is 0.251. The van der Waals surface area contributed by atoms with Crippen LogP contribution in [0.2, 0.25) is 0 Å². The lowest BCUT2D eigenvalue weighted by Gasteiger charge is -2.17. The van der Waals surface area contributed by atoms with E-state index in [1.54, 1.807) is 4.57 Å². The molecule has 0 saturated heterocycles. The van der Waals surface area contributed by atoms with Crippen LogP contribution in [0.15, 0.2) is 53.3 Å². The molecule has 0 amide bonds. The monoisotopic (exact) mass is 282 g/mol. The van der Waals surface area contributed by atoms with Crippen molar-refractivity contribution in [2.24, 2.45) is 0 Å². The van der Waals surface area contributed by atoms with Gasteiger partial charge in [0, 0.05) is 11.3 Å². The maximum absolute atomic E-state index is 13.0. The minimum atomic E-state index is -0.345. The fourth-order valence-electron chi connectivity index (χ4n) is 2.49. The van der Waals surface area contributed by atoms with Crippen molar-refractivity contribution in [3.05, 3.63) is 64.8 Å². The summed E-state index contributed by atoms with van der Waals surface area (Å²) in [7, 11) is 0. The molecule has 0 unspecified atom stereocenters. The summed E-state index contributed by atoms with van der Waals surface area (Å²) in [6.45, 7) is 0.367. The Hall–Kier alpha value is -2.89. The number of anilines is 1. The summed E-state index contributed by atoms with van der Waals surface area (Å²) in [6.07, 6.45) is 0. The summed E-state index contributed by atoms with van der Waals surface area (Å²) in [4.78, 5) is 12.4. The van der Waals surface area contributed by atoms with Crippen molar-refractivity contribution in [1.82, 2.24) is 14.3 Å². The Balaban J connectivity index is 1.93. The standard InChI is InChI=1S/C15H11FN4O/c16-10-5-7-11(8-6-10)20-15(21)19-9-17-13-4-2-1-3-12(13)14(19)18-20/h1-8,17H,9H2. The van der Waals surface area contributed by atoms with E-state index in [0.29, 0.717) is 18.2 Å². The number of aromatic nitrogens is 3. The van der Waals surface area contributed by atoms with Crippen LogP contribution < -0.4 is 11.0 Å². The van der Waals surface area contributed by atoms with Crippen LogP contribution in [0.25, 0.3) is 17.1 Å². The van der Waals surface area contributed by atoms with Gasteiger partial charge in [0.15, 0.2) is 5.82 Å². The van der Waals surface area contributed by atoms with Gasteiger partial charge in [0.05, 0.1) is 12.4 Å². The molecule has 0 bridgehead atoms. The van der Waals surface area contributed by atoms with Crippen molar-refractivity contribution in [1.29, 1.82) is 0 Å². The largest absolute Gasteiger partial charge is 0.367 e. The lowest BCUT2D eigenvalue weighted by atomic mass is 10.1. The van der Waals surface area contributed by atoms with Gasteiger partial charge >= 0.3 is 5.69 Å². The average Bonchev–Trinajstić information content (AvgIpc) is 2.86. The second kappa shape index (κ2) is 4.31. The molecule has 6 heteroatoms. The second-order valence-corrected chi connectivity index (χ2v) is 4.80. The fraction of sp³-hybridized carbons (Fsp3) is 0.0667. The molecule has 1 aliphatic rings.